The Balaban J connectivity index is 2.55. The van der Waals surface area contributed by atoms with Gasteiger partial charge in [-0.1, -0.05) is 17.7 Å². The van der Waals surface area contributed by atoms with Gasteiger partial charge in [0.25, 0.3) is 0 Å². The van der Waals surface area contributed by atoms with Gasteiger partial charge in [0, 0.05) is 22.1 Å². The van der Waals surface area contributed by atoms with Gasteiger partial charge in [-0.2, -0.15) is 8.42 Å². The molecule has 0 aliphatic carbocycles. The second-order valence-electron chi connectivity index (χ2n) is 3.19. The van der Waals surface area contributed by atoms with Crippen LogP contribution in [0.3, 0.4) is 0 Å². The van der Waals surface area contributed by atoms with Crippen molar-refractivity contribution in [2.45, 2.75) is 5.75 Å². The first-order valence-corrected chi connectivity index (χ1v) is 6.06. The number of aromatic amines is 1. The quantitative estimate of drug-likeness (QED) is 0.830. The highest BCUT2D eigenvalue weighted by atomic mass is 35.5. The third-order valence-electron chi connectivity index (χ3n) is 2.06. The Labute approximate surface area is 91.1 Å². The van der Waals surface area contributed by atoms with Crippen LogP contribution in [0.15, 0.2) is 24.4 Å². The first-order valence-electron chi connectivity index (χ1n) is 4.13. The van der Waals surface area contributed by atoms with Crippen LogP contribution in [0.4, 0.5) is 3.89 Å². The van der Waals surface area contributed by atoms with Crippen LogP contribution in [0, 0.1) is 0 Å². The number of hydrogen-bond donors (Lipinski definition) is 1. The Hall–Kier alpha value is -1.07. The van der Waals surface area contributed by atoms with Gasteiger partial charge in [0.05, 0.1) is 0 Å². The molecule has 0 radical (unpaired) electrons. The SMILES string of the molecule is O=S(=O)(F)Cc1c[nH]c2cc(Cl)ccc12. The summed E-state index contributed by atoms with van der Waals surface area (Å²) in [5, 5.41) is 1.21. The largest absolute Gasteiger partial charge is 0.361 e. The molecule has 3 nitrogen and oxygen atoms in total. The molecule has 0 atom stereocenters. The monoisotopic (exact) mass is 247 g/mol. The van der Waals surface area contributed by atoms with Gasteiger partial charge >= 0.3 is 10.2 Å². The van der Waals surface area contributed by atoms with Crippen LogP contribution in [0.2, 0.25) is 5.02 Å². The molecule has 0 spiro atoms. The van der Waals surface area contributed by atoms with Gasteiger partial charge in [0.2, 0.25) is 0 Å². The molecule has 0 bridgehead atoms. The summed E-state index contributed by atoms with van der Waals surface area (Å²) in [6, 6.07) is 4.95. The number of fused-ring (bicyclic) bond motifs is 1. The standard InChI is InChI=1S/C9H7ClFNO2S/c10-7-1-2-8-6(5-15(11,13)14)4-12-9(8)3-7/h1-4,12H,5H2. The van der Waals surface area contributed by atoms with Crippen molar-refractivity contribution >= 4 is 32.7 Å². The average molecular weight is 248 g/mol. The van der Waals surface area contributed by atoms with E-state index in [0.717, 1.165) is 0 Å². The highest BCUT2D eigenvalue weighted by Crippen LogP contribution is 2.23. The fourth-order valence-corrected chi connectivity index (χ4v) is 2.25. The van der Waals surface area contributed by atoms with Gasteiger partial charge in [0.15, 0.2) is 0 Å². The van der Waals surface area contributed by atoms with Crippen LogP contribution in [-0.4, -0.2) is 13.4 Å². The van der Waals surface area contributed by atoms with Crippen molar-refractivity contribution in [3.05, 3.63) is 35.0 Å². The predicted molar refractivity (Wildman–Crippen MR) is 57.0 cm³/mol. The molecule has 0 saturated carbocycles. The topological polar surface area (TPSA) is 49.9 Å². The Kier molecular flexibility index (Phi) is 2.44. The van der Waals surface area contributed by atoms with Gasteiger partial charge < -0.3 is 4.98 Å². The summed E-state index contributed by atoms with van der Waals surface area (Å²) in [6.45, 7) is 0. The lowest BCUT2D eigenvalue weighted by Gasteiger charge is -1.95. The molecule has 1 aromatic heterocycles. The third-order valence-corrected chi connectivity index (χ3v) is 2.95. The van der Waals surface area contributed by atoms with Crippen molar-refractivity contribution in [3.8, 4) is 0 Å². The van der Waals surface area contributed by atoms with Gasteiger partial charge in [-0.25, -0.2) is 0 Å². The van der Waals surface area contributed by atoms with Crippen LogP contribution in [0.5, 0.6) is 0 Å². The summed E-state index contributed by atoms with van der Waals surface area (Å²) in [7, 11) is -4.50. The number of hydrogen-bond acceptors (Lipinski definition) is 2. The Morgan fingerprint density at radius 2 is 2.13 bits per heavy atom. The van der Waals surface area contributed by atoms with E-state index in [1.165, 1.54) is 6.20 Å². The van der Waals surface area contributed by atoms with Crippen molar-refractivity contribution < 1.29 is 12.3 Å². The molecule has 1 N–H and O–H groups in total. The minimum Gasteiger partial charge on any atom is -0.361 e. The third kappa shape index (κ3) is 2.30. The Bertz CT molecular complexity index is 606. The van der Waals surface area contributed by atoms with Gasteiger partial charge in [-0.15, -0.1) is 3.89 Å². The van der Waals surface area contributed by atoms with E-state index in [4.69, 9.17) is 11.6 Å². The van der Waals surface area contributed by atoms with Crippen molar-refractivity contribution in [1.29, 1.82) is 0 Å². The van der Waals surface area contributed by atoms with E-state index in [9.17, 15) is 12.3 Å². The maximum absolute atomic E-state index is 12.5. The smallest absolute Gasteiger partial charge is 0.306 e. The molecule has 6 heteroatoms. The number of aromatic nitrogens is 1. The second-order valence-corrected chi connectivity index (χ2v) is 4.99. The average Bonchev–Trinajstić information content (AvgIpc) is 2.45. The van der Waals surface area contributed by atoms with Gasteiger partial charge in [-0.05, 0) is 17.7 Å². The highest BCUT2D eigenvalue weighted by Gasteiger charge is 2.12. The Morgan fingerprint density at radius 1 is 1.40 bits per heavy atom. The first kappa shape index (κ1) is 10.4. The fourth-order valence-electron chi connectivity index (χ4n) is 1.46. The summed E-state index contributed by atoms with van der Waals surface area (Å²) in [5.41, 5.74) is 1.10. The predicted octanol–water partition coefficient (Wildman–Crippen LogP) is 2.62. The molecule has 2 rings (SSSR count). The van der Waals surface area contributed by atoms with E-state index in [1.807, 2.05) is 0 Å². The lowest BCUT2D eigenvalue weighted by atomic mass is 10.2. The zero-order valence-corrected chi connectivity index (χ0v) is 9.07. The minimum atomic E-state index is -4.50. The summed E-state index contributed by atoms with van der Waals surface area (Å²) >= 11 is 5.75. The number of H-pyrrole nitrogens is 1. The second kappa shape index (κ2) is 3.50. The summed E-state index contributed by atoms with van der Waals surface area (Å²) in [4.78, 5) is 2.84. The normalized spacial score (nSPS) is 12.1. The molecule has 2 aromatic rings. The van der Waals surface area contributed by atoms with E-state index < -0.39 is 16.0 Å². The number of benzene rings is 1. The molecule has 1 heterocycles. The van der Waals surface area contributed by atoms with E-state index in [-0.39, 0.29) is 0 Å². The van der Waals surface area contributed by atoms with Crippen molar-refractivity contribution in [2.24, 2.45) is 0 Å². The fraction of sp³-hybridized carbons (Fsp3) is 0.111. The molecular formula is C9H7ClFNO2S. The van der Waals surface area contributed by atoms with E-state index in [0.29, 0.717) is 21.5 Å². The highest BCUT2D eigenvalue weighted by molar-refractivity contribution is 7.85. The lowest BCUT2D eigenvalue weighted by molar-refractivity contribution is 0.551. The van der Waals surface area contributed by atoms with Crippen molar-refractivity contribution in [1.82, 2.24) is 4.98 Å². The molecule has 15 heavy (non-hydrogen) atoms. The molecule has 0 fully saturated rings. The van der Waals surface area contributed by atoms with E-state index in [2.05, 4.69) is 4.98 Å². The molecule has 0 unspecified atom stereocenters. The molecule has 0 saturated heterocycles. The summed E-state index contributed by atoms with van der Waals surface area (Å²) in [6.07, 6.45) is 1.47. The zero-order chi connectivity index (χ0) is 11.1. The number of nitrogens with one attached hydrogen (secondary N) is 1. The molecule has 0 amide bonds. The molecular weight excluding hydrogens is 241 g/mol. The molecule has 80 valence electrons. The van der Waals surface area contributed by atoms with Crippen LogP contribution < -0.4 is 0 Å². The zero-order valence-electron chi connectivity index (χ0n) is 7.50. The maximum Gasteiger partial charge on any atom is 0.306 e. The van der Waals surface area contributed by atoms with Crippen LogP contribution >= 0.6 is 11.6 Å². The molecule has 1 aromatic carbocycles. The molecule has 0 aliphatic heterocycles. The number of rotatable bonds is 2. The van der Waals surface area contributed by atoms with Crippen molar-refractivity contribution in [3.63, 3.8) is 0 Å². The van der Waals surface area contributed by atoms with Crippen LogP contribution in [0.25, 0.3) is 10.9 Å². The lowest BCUT2D eigenvalue weighted by Crippen LogP contribution is -1.94. The van der Waals surface area contributed by atoms with E-state index >= 15 is 0 Å². The van der Waals surface area contributed by atoms with Crippen LogP contribution in [0.1, 0.15) is 5.56 Å². The number of halogens is 2. The van der Waals surface area contributed by atoms with Crippen molar-refractivity contribution in [2.75, 3.05) is 0 Å². The Morgan fingerprint density at radius 3 is 2.80 bits per heavy atom. The molecule has 0 aliphatic rings. The summed E-state index contributed by atoms with van der Waals surface area (Å²) in [5.74, 6) is -0.616. The van der Waals surface area contributed by atoms with Crippen LogP contribution in [-0.2, 0) is 16.0 Å². The van der Waals surface area contributed by atoms with Gasteiger partial charge in [0.1, 0.15) is 5.75 Å². The summed E-state index contributed by atoms with van der Waals surface area (Å²) < 4.78 is 33.5. The maximum atomic E-state index is 12.5. The van der Waals surface area contributed by atoms with Gasteiger partial charge in [-0.3, -0.25) is 0 Å². The van der Waals surface area contributed by atoms with E-state index in [1.54, 1.807) is 18.2 Å². The minimum absolute atomic E-state index is 0.407. The first-order chi connectivity index (χ1) is 6.96.